The molecule has 1 N–H and O–H groups in total. The van der Waals surface area contributed by atoms with Gasteiger partial charge in [0.1, 0.15) is 6.33 Å². The molecule has 0 saturated heterocycles. The number of nitrogens with one attached hydrogen (secondary N) is 1. The monoisotopic (exact) mass is 386 g/mol. The van der Waals surface area contributed by atoms with Gasteiger partial charge in [0.2, 0.25) is 5.91 Å². The van der Waals surface area contributed by atoms with E-state index < -0.39 is 0 Å². The van der Waals surface area contributed by atoms with Crippen LogP contribution in [0.4, 0.5) is 5.69 Å². The zero-order valence-electron chi connectivity index (χ0n) is 14.5. The number of thioether (sulfide) groups is 1. The number of hydrogen-bond donors (Lipinski definition) is 1. The molecule has 0 aliphatic carbocycles. The largest absolute Gasteiger partial charge is 0.325 e. The van der Waals surface area contributed by atoms with Crippen LogP contribution in [0.1, 0.15) is 25.3 Å². The molecule has 3 aromatic rings. The lowest BCUT2D eigenvalue weighted by molar-refractivity contribution is -0.113. The summed E-state index contributed by atoms with van der Waals surface area (Å²) in [6.07, 6.45) is 1.61. The lowest BCUT2D eigenvalue weighted by atomic mass is 10.0. The van der Waals surface area contributed by atoms with Gasteiger partial charge in [-0.3, -0.25) is 9.36 Å². The number of anilines is 1. The molecule has 0 aliphatic rings. The average Bonchev–Trinajstić information content (AvgIpc) is 3.09. The van der Waals surface area contributed by atoms with E-state index in [0.29, 0.717) is 16.1 Å². The molecule has 0 atom stereocenters. The van der Waals surface area contributed by atoms with Crippen LogP contribution >= 0.6 is 23.4 Å². The number of benzene rings is 2. The third-order valence-corrected chi connectivity index (χ3v) is 4.97. The van der Waals surface area contributed by atoms with Crippen molar-refractivity contribution in [2.45, 2.75) is 24.9 Å². The summed E-state index contributed by atoms with van der Waals surface area (Å²) in [5.41, 5.74) is 2.89. The number of rotatable bonds is 6. The first kappa shape index (κ1) is 18.5. The molecule has 2 aromatic carbocycles. The maximum absolute atomic E-state index is 12.2. The van der Waals surface area contributed by atoms with Crippen LogP contribution in [0.3, 0.4) is 0 Å². The molecule has 26 heavy (non-hydrogen) atoms. The Morgan fingerprint density at radius 3 is 2.69 bits per heavy atom. The highest BCUT2D eigenvalue weighted by molar-refractivity contribution is 7.99. The zero-order valence-corrected chi connectivity index (χ0v) is 16.1. The van der Waals surface area contributed by atoms with Gasteiger partial charge in [-0.2, -0.15) is 0 Å². The Labute approximate surface area is 161 Å². The number of aromatic nitrogens is 3. The number of carbonyl (C=O) groups is 1. The van der Waals surface area contributed by atoms with Gasteiger partial charge in [0, 0.05) is 10.7 Å². The van der Waals surface area contributed by atoms with E-state index in [2.05, 4.69) is 29.4 Å². The first-order valence-corrected chi connectivity index (χ1v) is 9.58. The molecule has 1 heterocycles. The molecule has 0 aliphatic heterocycles. The van der Waals surface area contributed by atoms with Crippen molar-refractivity contribution in [3.05, 3.63) is 65.4 Å². The van der Waals surface area contributed by atoms with Gasteiger partial charge in [0.25, 0.3) is 0 Å². The van der Waals surface area contributed by atoms with Crippen molar-refractivity contribution in [3.63, 3.8) is 0 Å². The van der Waals surface area contributed by atoms with Crippen molar-refractivity contribution < 1.29 is 4.79 Å². The Hall–Kier alpha value is -2.31. The molecule has 134 valence electrons. The highest BCUT2D eigenvalue weighted by atomic mass is 35.5. The summed E-state index contributed by atoms with van der Waals surface area (Å²) in [4.78, 5) is 12.2. The van der Waals surface area contributed by atoms with Crippen LogP contribution in [0.15, 0.2) is 60.0 Å². The fourth-order valence-electron chi connectivity index (χ4n) is 2.40. The fourth-order valence-corrected chi connectivity index (χ4v) is 3.32. The summed E-state index contributed by atoms with van der Waals surface area (Å²) in [6.45, 7) is 4.28. The molecule has 0 radical (unpaired) electrons. The lowest BCUT2D eigenvalue weighted by Gasteiger charge is -2.09. The van der Waals surface area contributed by atoms with Crippen LogP contribution in [-0.4, -0.2) is 26.4 Å². The summed E-state index contributed by atoms with van der Waals surface area (Å²) in [5.74, 6) is 0.617. The minimum atomic E-state index is -0.0899. The SMILES string of the molecule is CC(C)c1ccc(NC(=O)CSc2nncn2-c2cccc(Cl)c2)cc1. The maximum Gasteiger partial charge on any atom is 0.234 e. The van der Waals surface area contributed by atoms with Crippen molar-refractivity contribution in [1.82, 2.24) is 14.8 Å². The summed E-state index contributed by atoms with van der Waals surface area (Å²) >= 11 is 7.36. The molecule has 1 amide bonds. The van der Waals surface area contributed by atoms with Crippen molar-refractivity contribution >= 4 is 35.0 Å². The Bertz CT molecular complexity index is 893. The Morgan fingerprint density at radius 2 is 2.00 bits per heavy atom. The number of amides is 1. The van der Waals surface area contributed by atoms with Crippen LogP contribution in [0, 0.1) is 0 Å². The van der Waals surface area contributed by atoms with Crippen LogP contribution in [0.2, 0.25) is 5.02 Å². The normalized spacial score (nSPS) is 10.9. The Balaban J connectivity index is 1.61. The number of carbonyl (C=O) groups excluding carboxylic acids is 1. The number of nitrogens with zero attached hydrogens (tertiary/aromatic N) is 3. The van der Waals surface area contributed by atoms with E-state index in [-0.39, 0.29) is 11.7 Å². The first-order chi connectivity index (χ1) is 12.5. The van der Waals surface area contributed by atoms with Gasteiger partial charge in [-0.15, -0.1) is 10.2 Å². The van der Waals surface area contributed by atoms with Crippen LogP contribution in [-0.2, 0) is 4.79 Å². The Kier molecular flexibility index (Phi) is 5.96. The molecule has 0 saturated carbocycles. The molecule has 5 nitrogen and oxygen atoms in total. The van der Waals surface area contributed by atoms with E-state index in [1.165, 1.54) is 17.3 Å². The predicted octanol–water partition coefficient (Wildman–Crippen LogP) is 4.77. The highest BCUT2D eigenvalue weighted by Crippen LogP contribution is 2.22. The third-order valence-electron chi connectivity index (χ3n) is 3.80. The van der Waals surface area contributed by atoms with E-state index in [1.807, 2.05) is 42.5 Å². The Morgan fingerprint density at radius 1 is 1.23 bits per heavy atom. The third kappa shape index (κ3) is 4.65. The van der Waals surface area contributed by atoms with Crippen LogP contribution in [0.25, 0.3) is 5.69 Å². The van der Waals surface area contributed by atoms with Gasteiger partial charge >= 0.3 is 0 Å². The van der Waals surface area contributed by atoms with Gasteiger partial charge in [-0.25, -0.2) is 0 Å². The zero-order chi connectivity index (χ0) is 18.5. The summed E-state index contributed by atoms with van der Waals surface area (Å²) in [7, 11) is 0. The second-order valence-corrected chi connectivity index (χ2v) is 7.46. The molecular formula is C19H19ClN4OS. The number of halogens is 1. The maximum atomic E-state index is 12.2. The average molecular weight is 387 g/mol. The molecule has 0 fully saturated rings. The van der Waals surface area contributed by atoms with Crippen LogP contribution in [0.5, 0.6) is 0 Å². The molecular weight excluding hydrogens is 368 g/mol. The van der Waals surface area contributed by atoms with E-state index in [9.17, 15) is 4.79 Å². The molecule has 1 aromatic heterocycles. The predicted molar refractivity (Wildman–Crippen MR) is 106 cm³/mol. The fraction of sp³-hybridized carbons (Fsp3) is 0.211. The van der Waals surface area contributed by atoms with Gasteiger partial charge in [0.15, 0.2) is 5.16 Å². The summed E-state index contributed by atoms with van der Waals surface area (Å²) in [6, 6.07) is 15.3. The van der Waals surface area contributed by atoms with Crippen LogP contribution < -0.4 is 5.32 Å². The van der Waals surface area contributed by atoms with Crippen molar-refractivity contribution in [2.75, 3.05) is 11.1 Å². The molecule has 0 bridgehead atoms. The second kappa shape index (κ2) is 8.38. The highest BCUT2D eigenvalue weighted by Gasteiger charge is 2.11. The van der Waals surface area contributed by atoms with Crippen molar-refractivity contribution in [1.29, 1.82) is 0 Å². The molecule has 0 unspecified atom stereocenters. The van der Waals surface area contributed by atoms with E-state index >= 15 is 0 Å². The summed E-state index contributed by atoms with van der Waals surface area (Å²) < 4.78 is 1.81. The van der Waals surface area contributed by atoms with Crippen molar-refractivity contribution in [3.8, 4) is 5.69 Å². The van der Waals surface area contributed by atoms with Gasteiger partial charge in [-0.05, 0) is 41.8 Å². The molecule has 3 rings (SSSR count). The quantitative estimate of drug-likeness (QED) is 0.619. The van der Waals surface area contributed by atoms with Crippen molar-refractivity contribution in [2.24, 2.45) is 0 Å². The minimum Gasteiger partial charge on any atom is -0.325 e. The summed E-state index contributed by atoms with van der Waals surface area (Å²) in [5, 5.41) is 12.2. The number of hydrogen-bond acceptors (Lipinski definition) is 4. The van der Waals surface area contributed by atoms with Gasteiger partial charge in [0.05, 0.1) is 11.4 Å². The van der Waals surface area contributed by atoms with E-state index in [1.54, 1.807) is 17.0 Å². The second-order valence-electron chi connectivity index (χ2n) is 6.08. The van der Waals surface area contributed by atoms with Gasteiger partial charge in [-0.1, -0.05) is 55.4 Å². The van der Waals surface area contributed by atoms with Gasteiger partial charge < -0.3 is 5.32 Å². The smallest absolute Gasteiger partial charge is 0.234 e. The van der Waals surface area contributed by atoms with E-state index in [0.717, 1.165) is 11.4 Å². The molecule has 0 spiro atoms. The topological polar surface area (TPSA) is 59.8 Å². The minimum absolute atomic E-state index is 0.0899. The lowest BCUT2D eigenvalue weighted by Crippen LogP contribution is -2.14. The standard InChI is InChI=1S/C19H19ClN4OS/c1-13(2)14-6-8-16(9-7-14)22-18(25)11-26-19-23-21-12-24(19)17-5-3-4-15(20)10-17/h3-10,12-13H,11H2,1-2H3,(H,22,25). The van der Waals surface area contributed by atoms with E-state index in [4.69, 9.17) is 11.6 Å². The molecule has 7 heteroatoms. The first-order valence-electron chi connectivity index (χ1n) is 8.21.